The number of aromatic nitrogens is 3. The van der Waals surface area contributed by atoms with Crippen molar-refractivity contribution in [2.45, 2.75) is 33.6 Å². The smallest absolute Gasteiger partial charge is 0.0890 e. The van der Waals surface area contributed by atoms with E-state index in [1.165, 1.54) is 7.05 Å². The number of carbonyl (C=O) groups excluding carboxylic acids is 1. The van der Waals surface area contributed by atoms with Crippen molar-refractivity contribution in [3.05, 3.63) is 23.6 Å². The molecule has 1 aromatic rings. The first kappa shape index (κ1) is 20.0. The molecule has 1 aromatic heterocycles. The molecule has 0 fully saturated rings. The normalized spacial score (nSPS) is 12.6. The Morgan fingerprint density at radius 2 is 1.89 bits per heavy atom. The fraction of sp³-hybridized carbons (Fsp3) is 0.667. The Labute approximate surface area is 135 Å². The quantitative estimate of drug-likeness (QED) is 0.800. The minimum Gasteiger partial charge on any atom is -0.656 e. The Balaban J connectivity index is 0. The van der Waals surface area contributed by atoms with Gasteiger partial charge in [0.2, 0.25) is 0 Å². The van der Waals surface area contributed by atoms with E-state index in [-0.39, 0.29) is 50.5 Å². The van der Waals surface area contributed by atoms with E-state index in [2.05, 4.69) is 22.6 Å². The summed E-state index contributed by atoms with van der Waals surface area (Å²) in [4.78, 5) is 11.4. The van der Waals surface area contributed by atoms with E-state index in [1.807, 2.05) is 27.8 Å². The van der Waals surface area contributed by atoms with Crippen LogP contribution in [0.25, 0.3) is 5.32 Å². The van der Waals surface area contributed by atoms with Crippen LogP contribution in [0.3, 0.4) is 0 Å². The molecule has 0 spiro atoms. The average molecular weight is 327 g/mol. The van der Waals surface area contributed by atoms with E-state index in [0.717, 1.165) is 11.4 Å². The van der Waals surface area contributed by atoms with Crippen LogP contribution >= 0.6 is 0 Å². The minimum absolute atomic E-state index is 0. The van der Waals surface area contributed by atoms with E-state index in [0.29, 0.717) is 0 Å². The second-order valence-corrected chi connectivity index (χ2v) is 3.82. The second kappa shape index (κ2) is 9.62. The van der Waals surface area contributed by atoms with Gasteiger partial charge in [-0.1, -0.05) is 19.1 Å². The summed E-state index contributed by atoms with van der Waals surface area (Å²) in [7, 11) is 3.37. The van der Waals surface area contributed by atoms with Crippen molar-refractivity contribution in [1.82, 2.24) is 15.0 Å². The molecule has 0 N–H and O–H groups in total. The third-order valence-corrected chi connectivity index (χ3v) is 2.93. The molecule has 1 radical (unpaired) electrons. The van der Waals surface area contributed by atoms with Crippen LogP contribution in [0.1, 0.15) is 38.1 Å². The summed E-state index contributed by atoms with van der Waals surface area (Å²) in [5.41, 5.74) is 1.88. The molecule has 0 aliphatic rings. The van der Waals surface area contributed by atoms with Gasteiger partial charge in [0.1, 0.15) is 0 Å². The van der Waals surface area contributed by atoms with Crippen LogP contribution in [0.5, 0.6) is 0 Å². The molecule has 1 rings (SSSR count). The Hall–Kier alpha value is -0.286. The molecule has 5 nitrogen and oxygen atoms in total. The second-order valence-electron chi connectivity index (χ2n) is 3.82. The molecule has 6 heteroatoms. The molecule has 2 unspecified atom stereocenters. The van der Waals surface area contributed by atoms with Crippen LogP contribution in [0.15, 0.2) is 0 Å². The largest absolute Gasteiger partial charge is 0.656 e. The molecule has 0 aliphatic heterocycles. The predicted octanol–water partition coefficient (Wildman–Crippen LogP) is 2.23. The molecular formula is C12H22N4OY-2. The fourth-order valence-electron chi connectivity index (χ4n) is 1.50. The minimum atomic E-state index is -0.148. The third kappa shape index (κ3) is 4.77. The van der Waals surface area contributed by atoms with Crippen LogP contribution < -0.4 is 0 Å². The molecule has 0 saturated heterocycles. The van der Waals surface area contributed by atoms with E-state index in [9.17, 15) is 4.79 Å². The Morgan fingerprint density at radius 1 is 1.39 bits per heavy atom. The monoisotopic (exact) mass is 327 g/mol. The predicted molar refractivity (Wildman–Crippen MR) is 68.6 cm³/mol. The number of nitrogens with zero attached hydrogens (tertiary/aromatic N) is 4. The van der Waals surface area contributed by atoms with Crippen molar-refractivity contribution in [2.75, 3.05) is 7.05 Å². The van der Waals surface area contributed by atoms with Gasteiger partial charge >= 0.3 is 0 Å². The van der Waals surface area contributed by atoms with Crippen LogP contribution in [0.4, 0.5) is 0 Å². The standard InChI is InChI=1S/C10H18N4O.C2H5.Y/c1-6(7(2)10(15)11-4)9-8(3)14(5)13-12-9;1-2;/h6-7H,1-5H3,(H,11,15);1H2,2H3;/q;-1;/p-1. The Bertz CT molecular complexity index is 365. The van der Waals surface area contributed by atoms with Crippen molar-refractivity contribution >= 4 is 5.91 Å². The topological polar surface area (TPSA) is 61.9 Å². The number of hydrogen-bond donors (Lipinski definition) is 0. The Kier molecular flexibility index (Phi) is 10.7. The molecule has 0 aliphatic carbocycles. The summed E-state index contributed by atoms with van der Waals surface area (Å²) in [6.45, 7) is 10.8. The summed E-state index contributed by atoms with van der Waals surface area (Å²) in [6.07, 6.45) is 0. The summed E-state index contributed by atoms with van der Waals surface area (Å²) >= 11 is 0. The van der Waals surface area contributed by atoms with Gasteiger partial charge in [-0.25, -0.2) is 0 Å². The first-order chi connectivity index (χ1) is 7.99. The third-order valence-electron chi connectivity index (χ3n) is 2.93. The number of rotatable bonds is 3. The van der Waals surface area contributed by atoms with Gasteiger partial charge in [-0.2, -0.15) is 6.92 Å². The van der Waals surface area contributed by atoms with Gasteiger partial charge in [0.05, 0.1) is 17.3 Å². The first-order valence-corrected chi connectivity index (χ1v) is 5.69. The van der Waals surface area contributed by atoms with Gasteiger partial charge in [0.15, 0.2) is 0 Å². The van der Waals surface area contributed by atoms with E-state index < -0.39 is 0 Å². The van der Waals surface area contributed by atoms with Crippen molar-refractivity contribution < 1.29 is 37.5 Å². The van der Waals surface area contributed by atoms with Crippen LogP contribution in [-0.4, -0.2) is 27.9 Å². The maximum atomic E-state index is 11.4. The zero-order chi connectivity index (χ0) is 13.6. The molecule has 0 bridgehead atoms. The van der Waals surface area contributed by atoms with Gasteiger partial charge in [-0.05, 0) is 6.92 Å². The Morgan fingerprint density at radius 3 is 2.22 bits per heavy atom. The van der Waals surface area contributed by atoms with Gasteiger partial charge in [0.25, 0.3) is 0 Å². The van der Waals surface area contributed by atoms with Crippen LogP contribution in [0.2, 0.25) is 0 Å². The van der Waals surface area contributed by atoms with Gasteiger partial charge < -0.3 is 17.0 Å². The maximum absolute atomic E-state index is 11.4. The summed E-state index contributed by atoms with van der Waals surface area (Å²) < 4.78 is 1.71. The maximum Gasteiger partial charge on any atom is 0.0890 e. The van der Waals surface area contributed by atoms with Crippen molar-refractivity contribution in [1.29, 1.82) is 0 Å². The molecule has 1 heterocycles. The number of carbonyl (C=O) groups is 1. The van der Waals surface area contributed by atoms with Crippen molar-refractivity contribution in [3.8, 4) is 0 Å². The van der Waals surface area contributed by atoms with Crippen molar-refractivity contribution in [2.24, 2.45) is 13.0 Å². The first-order valence-electron chi connectivity index (χ1n) is 5.69. The molecule has 101 valence electrons. The molecular weight excluding hydrogens is 305 g/mol. The molecule has 0 aromatic carbocycles. The van der Waals surface area contributed by atoms with Gasteiger partial charge in [-0.3, -0.25) is 4.68 Å². The summed E-state index contributed by atoms with van der Waals surface area (Å²) in [6, 6.07) is 0. The molecule has 1 amide bonds. The van der Waals surface area contributed by atoms with E-state index in [4.69, 9.17) is 0 Å². The zero-order valence-corrected chi connectivity index (χ0v) is 15.0. The zero-order valence-electron chi connectivity index (χ0n) is 12.1. The number of hydrogen-bond acceptors (Lipinski definition) is 3. The molecule has 2 atom stereocenters. The van der Waals surface area contributed by atoms with Crippen molar-refractivity contribution in [3.63, 3.8) is 0 Å². The van der Waals surface area contributed by atoms with Crippen LogP contribution in [-0.2, 0) is 44.6 Å². The summed E-state index contributed by atoms with van der Waals surface area (Å²) in [5, 5.41) is 11.7. The van der Waals surface area contributed by atoms with Gasteiger partial charge in [-0.15, -0.1) is 12.1 Å². The van der Waals surface area contributed by atoms with E-state index >= 15 is 0 Å². The average Bonchev–Trinajstić information content (AvgIpc) is 2.69. The van der Waals surface area contributed by atoms with E-state index in [1.54, 1.807) is 11.6 Å². The number of amides is 1. The fourth-order valence-corrected chi connectivity index (χ4v) is 1.50. The summed E-state index contributed by atoms with van der Waals surface area (Å²) in [5.74, 6) is -0.187. The SMILES string of the molecule is C[N-]C(=O)C(C)C(C)c1nnn(C)c1C.[CH2-]C.[Y]. The molecule has 18 heavy (non-hydrogen) atoms. The van der Waals surface area contributed by atoms with Crippen LogP contribution in [0, 0.1) is 19.8 Å². The van der Waals surface area contributed by atoms with Gasteiger partial charge in [0, 0.05) is 51.6 Å². The molecule has 0 saturated carbocycles. The number of aryl methyl sites for hydroxylation is 1.